The SMILES string of the molecule is FCF.NSc1ccc(NCC#Cc2cc3c(NC4CCN(CC(=O)N5CCOCC5)CC4)cccc3n2CCF)cc1. The molecule has 43 heavy (non-hydrogen) atoms. The summed E-state index contributed by atoms with van der Waals surface area (Å²) >= 11 is 1.22. The van der Waals surface area contributed by atoms with Gasteiger partial charge in [-0.2, -0.15) is 0 Å². The van der Waals surface area contributed by atoms with Gasteiger partial charge in [-0.15, -0.1) is 0 Å². The second-order valence-corrected chi connectivity index (χ2v) is 10.9. The molecular formula is C31H39F3N6O2S. The maximum atomic E-state index is 13.5. The number of anilines is 2. The highest BCUT2D eigenvalue weighted by Crippen LogP contribution is 2.29. The standard InChI is InChI=1S/C30H37FN6O2S.CH2F2/c31-12-16-37-25(3-2-13-33-23-6-8-26(40-32)9-7-23)21-27-28(4-1-5-29(27)37)34-24-10-14-35(15-11-24)22-30(38)36-17-19-39-20-18-36;2-1-3/h1,4-9,21,24,33-34H,10-20,22,32H2;1H2. The molecule has 0 bridgehead atoms. The number of rotatable bonds is 9. The highest BCUT2D eigenvalue weighted by atomic mass is 32.2. The number of alkyl halides is 3. The second-order valence-electron chi connectivity index (χ2n) is 10.2. The third kappa shape index (κ3) is 9.31. The van der Waals surface area contributed by atoms with Crippen molar-refractivity contribution in [2.24, 2.45) is 5.14 Å². The zero-order valence-electron chi connectivity index (χ0n) is 24.2. The van der Waals surface area contributed by atoms with E-state index in [0.717, 1.165) is 58.8 Å². The molecule has 8 nitrogen and oxygen atoms in total. The van der Waals surface area contributed by atoms with Gasteiger partial charge in [0, 0.05) is 53.9 Å². The largest absolute Gasteiger partial charge is 0.382 e. The molecule has 5 rings (SSSR count). The first kappa shape index (κ1) is 32.5. The average molecular weight is 617 g/mol. The average Bonchev–Trinajstić information content (AvgIpc) is 3.39. The second kappa shape index (κ2) is 17.1. The molecule has 0 radical (unpaired) electrons. The van der Waals surface area contributed by atoms with Crippen LogP contribution in [0.5, 0.6) is 0 Å². The summed E-state index contributed by atoms with van der Waals surface area (Å²) in [7, 11) is 0. The Hall–Kier alpha value is -3.37. The van der Waals surface area contributed by atoms with Crippen LogP contribution in [0.2, 0.25) is 0 Å². The number of likely N-dealkylation sites (tertiary alicyclic amines) is 1. The Balaban J connectivity index is 0.00000135. The number of morpholine rings is 1. The summed E-state index contributed by atoms with van der Waals surface area (Å²) in [6, 6.07) is 16.4. The van der Waals surface area contributed by atoms with Crippen LogP contribution in [-0.4, -0.2) is 92.4 Å². The van der Waals surface area contributed by atoms with Crippen LogP contribution in [0.3, 0.4) is 0 Å². The van der Waals surface area contributed by atoms with Gasteiger partial charge < -0.3 is 24.8 Å². The van der Waals surface area contributed by atoms with Gasteiger partial charge in [-0.05, 0) is 73.2 Å². The molecule has 3 aromatic rings. The zero-order valence-corrected chi connectivity index (χ0v) is 25.0. The van der Waals surface area contributed by atoms with E-state index in [9.17, 15) is 18.0 Å². The predicted octanol–water partition coefficient (Wildman–Crippen LogP) is 4.66. The summed E-state index contributed by atoms with van der Waals surface area (Å²) in [4.78, 5) is 17.8. The van der Waals surface area contributed by atoms with E-state index >= 15 is 0 Å². The van der Waals surface area contributed by atoms with Crippen LogP contribution in [0.25, 0.3) is 10.9 Å². The number of fused-ring (bicyclic) bond motifs is 1. The summed E-state index contributed by atoms with van der Waals surface area (Å²) in [6.07, 6.45) is 1.92. The van der Waals surface area contributed by atoms with Crippen molar-refractivity contribution in [2.45, 2.75) is 30.3 Å². The fraction of sp³-hybridized carbons (Fsp3) is 0.452. The summed E-state index contributed by atoms with van der Waals surface area (Å²) in [6.45, 7) is 3.40. The van der Waals surface area contributed by atoms with Gasteiger partial charge in [0.2, 0.25) is 12.8 Å². The summed E-state index contributed by atoms with van der Waals surface area (Å²) < 4.78 is 40.1. The number of ether oxygens (including phenoxy) is 1. The Morgan fingerprint density at radius 1 is 1.05 bits per heavy atom. The molecule has 0 atom stereocenters. The number of nitrogens with one attached hydrogen (secondary N) is 2. The van der Waals surface area contributed by atoms with Crippen molar-refractivity contribution in [1.29, 1.82) is 0 Å². The maximum Gasteiger partial charge on any atom is 0.236 e. The molecule has 4 N–H and O–H groups in total. The topological polar surface area (TPSA) is 87.8 Å². The first-order chi connectivity index (χ1) is 21.1. The normalized spacial score (nSPS) is 15.8. The molecule has 2 aliphatic rings. The Labute approximate surface area is 255 Å². The van der Waals surface area contributed by atoms with Gasteiger partial charge in [-0.25, -0.2) is 13.2 Å². The fourth-order valence-corrected chi connectivity index (χ4v) is 5.62. The minimum absolute atomic E-state index is 0.195. The first-order valence-corrected chi connectivity index (χ1v) is 15.3. The van der Waals surface area contributed by atoms with Crippen molar-refractivity contribution >= 4 is 40.1 Å². The van der Waals surface area contributed by atoms with E-state index in [4.69, 9.17) is 9.88 Å². The van der Waals surface area contributed by atoms with Crippen LogP contribution in [-0.2, 0) is 16.1 Å². The van der Waals surface area contributed by atoms with E-state index in [1.54, 1.807) is 0 Å². The number of carbonyl (C=O) groups excluding carboxylic acids is 1. The van der Waals surface area contributed by atoms with E-state index in [1.807, 2.05) is 45.9 Å². The molecule has 0 aliphatic carbocycles. The van der Waals surface area contributed by atoms with Gasteiger partial charge >= 0.3 is 0 Å². The number of hydrogen-bond acceptors (Lipinski definition) is 7. The molecule has 1 aromatic heterocycles. The van der Waals surface area contributed by atoms with Crippen LogP contribution >= 0.6 is 11.9 Å². The summed E-state index contributed by atoms with van der Waals surface area (Å²) in [5.41, 5.74) is 3.79. The quantitative estimate of drug-likeness (QED) is 0.238. The van der Waals surface area contributed by atoms with Crippen LogP contribution in [0.4, 0.5) is 24.5 Å². The highest BCUT2D eigenvalue weighted by Gasteiger charge is 2.24. The lowest BCUT2D eigenvalue weighted by Gasteiger charge is -2.34. The van der Waals surface area contributed by atoms with Gasteiger partial charge in [-0.3, -0.25) is 14.8 Å². The number of amides is 1. The van der Waals surface area contributed by atoms with E-state index in [2.05, 4.69) is 39.5 Å². The molecule has 0 saturated carbocycles. The number of halogens is 3. The van der Waals surface area contributed by atoms with Crippen LogP contribution in [0.15, 0.2) is 53.4 Å². The Bertz CT molecular complexity index is 1360. The minimum atomic E-state index is -1.75. The number of aromatic nitrogens is 1. The molecule has 0 spiro atoms. The zero-order chi connectivity index (χ0) is 30.4. The fourth-order valence-electron chi connectivity index (χ4n) is 5.33. The van der Waals surface area contributed by atoms with E-state index in [0.29, 0.717) is 45.4 Å². The molecule has 1 amide bonds. The number of nitrogens with two attached hydrogens (primary N) is 1. The maximum absolute atomic E-state index is 13.5. The first-order valence-electron chi connectivity index (χ1n) is 14.4. The molecule has 232 valence electrons. The van der Waals surface area contributed by atoms with Crippen molar-refractivity contribution in [2.75, 3.05) is 76.7 Å². The molecule has 2 saturated heterocycles. The number of nitrogens with zero attached hydrogens (tertiary/aromatic N) is 3. The number of aryl methyl sites for hydroxylation is 1. The van der Waals surface area contributed by atoms with Gasteiger partial charge in [0.1, 0.15) is 6.67 Å². The van der Waals surface area contributed by atoms with E-state index in [1.165, 1.54) is 11.9 Å². The minimum Gasteiger partial charge on any atom is -0.382 e. The lowest BCUT2D eigenvalue weighted by Crippen LogP contribution is -2.48. The lowest BCUT2D eigenvalue weighted by molar-refractivity contribution is -0.136. The summed E-state index contributed by atoms with van der Waals surface area (Å²) in [5.74, 6) is 6.62. The molecule has 0 unspecified atom stereocenters. The van der Waals surface area contributed by atoms with Crippen molar-refractivity contribution in [1.82, 2.24) is 14.4 Å². The van der Waals surface area contributed by atoms with Gasteiger partial charge in [0.05, 0.1) is 44.1 Å². The Kier molecular flexibility index (Phi) is 12.9. The third-order valence-electron chi connectivity index (χ3n) is 7.51. The monoisotopic (exact) mass is 616 g/mol. The Morgan fingerprint density at radius 3 is 2.44 bits per heavy atom. The van der Waals surface area contributed by atoms with Crippen LogP contribution in [0.1, 0.15) is 18.5 Å². The number of hydrogen-bond donors (Lipinski definition) is 3. The Morgan fingerprint density at radius 2 is 1.77 bits per heavy atom. The molecule has 2 aliphatic heterocycles. The lowest BCUT2D eigenvalue weighted by atomic mass is 10.0. The van der Waals surface area contributed by atoms with Crippen molar-refractivity contribution in [3.63, 3.8) is 0 Å². The third-order valence-corrected chi connectivity index (χ3v) is 8.06. The highest BCUT2D eigenvalue weighted by molar-refractivity contribution is 7.97. The number of benzene rings is 2. The number of carbonyl (C=O) groups is 1. The number of piperidine rings is 1. The van der Waals surface area contributed by atoms with Crippen molar-refractivity contribution in [3.8, 4) is 11.8 Å². The van der Waals surface area contributed by atoms with Gasteiger partial charge in [0.15, 0.2) is 0 Å². The van der Waals surface area contributed by atoms with Crippen molar-refractivity contribution in [3.05, 3.63) is 54.2 Å². The predicted molar refractivity (Wildman–Crippen MR) is 167 cm³/mol. The molecular weight excluding hydrogens is 577 g/mol. The molecule has 2 aromatic carbocycles. The van der Waals surface area contributed by atoms with Crippen LogP contribution in [0, 0.1) is 11.8 Å². The van der Waals surface area contributed by atoms with Crippen molar-refractivity contribution < 1.29 is 22.7 Å². The van der Waals surface area contributed by atoms with E-state index < -0.39 is 13.6 Å². The molecule has 12 heteroatoms. The molecule has 3 heterocycles. The van der Waals surface area contributed by atoms with Gasteiger partial charge in [0.25, 0.3) is 0 Å². The van der Waals surface area contributed by atoms with E-state index in [-0.39, 0.29) is 12.5 Å². The summed E-state index contributed by atoms with van der Waals surface area (Å²) in [5, 5.41) is 13.7. The van der Waals surface area contributed by atoms with Gasteiger partial charge in [-0.1, -0.05) is 12.0 Å². The van der Waals surface area contributed by atoms with Crippen LogP contribution < -0.4 is 15.8 Å². The molecule has 2 fully saturated rings. The smallest absolute Gasteiger partial charge is 0.236 e.